The van der Waals surface area contributed by atoms with E-state index in [1.165, 1.54) is 12.8 Å². The molecular weight excluding hydrogens is 238 g/mol. The fraction of sp³-hybridized carbons (Fsp3) is 0.923. The molecule has 1 aliphatic heterocycles. The molecule has 98 valence electrons. The van der Waals surface area contributed by atoms with Crippen molar-refractivity contribution in [2.45, 2.75) is 49.9 Å². The number of halogens is 1. The second-order valence-electron chi connectivity index (χ2n) is 5.23. The molecule has 17 heavy (non-hydrogen) atoms. The first-order valence-corrected chi connectivity index (χ1v) is 7.12. The van der Waals surface area contributed by atoms with E-state index in [-0.39, 0.29) is 23.2 Å². The molecule has 3 atom stereocenters. The number of rotatable bonds is 2. The van der Waals surface area contributed by atoms with Crippen LogP contribution in [-0.4, -0.2) is 42.5 Å². The van der Waals surface area contributed by atoms with Crippen molar-refractivity contribution in [1.29, 1.82) is 0 Å². The molecule has 3 unspecified atom stereocenters. The molecule has 0 bridgehead atoms. The van der Waals surface area contributed by atoms with Crippen LogP contribution in [0.3, 0.4) is 0 Å². The van der Waals surface area contributed by atoms with Crippen LogP contribution in [0.15, 0.2) is 0 Å². The van der Waals surface area contributed by atoms with Gasteiger partial charge in [0.25, 0.3) is 0 Å². The highest BCUT2D eigenvalue weighted by atomic mass is 35.5. The highest BCUT2D eigenvalue weighted by Gasteiger charge is 2.33. The van der Waals surface area contributed by atoms with E-state index in [1.54, 1.807) is 0 Å². The van der Waals surface area contributed by atoms with Gasteiger partial charge in [0.15, 0.2) is 0 Å². The lowest BCUT2D eigenvalue weighted by Crippen LogP contribution is -2.47. The molecule has 3 nitrogen and oxygen atoms in total. The summed E-state index contributed by atoms with van der Waals surface area (Å²) in [4.78, 5) is 14.2. The summed E-state index contributed by atoms with van der Waals surface area (Å²) >= 11 is 6.34. The number of ether oxygens (including phenoxy) is 1. The maximum Gasteiger partial charge on any atom is 0.228 e. The van der Waals surface area contributed by atoms with Gasteiger partial charge in [-0.3, -0.25) is 4.79 Å². The monoisotopic (exact) mass is 259 g/mol. The van der Waals surface area contributed by atoms with Crippen LogP contribution in [0.25, 0.3) is 0 Å². The average Bonchev–Trinajstić information content (AvgIpc) is 2.39. The van der Waals surface area contributed by atoms with E-state index in [4.69, 9.17) is 16.3 Å². The van der Waals surface area contributed by atoms with Crippen molar-refractivity contribution in [3.8, 4) is 0 Å². The van der Waals surface area contributed by atoms with Gasteiger partial charge in [0.1, 0.15) is 0 Å². The topological polar surface area (TPSA) is 29.5 Å². The summed E-state index contributed by atoms with van der Waals surface area (Å²) in [5, 5.41) is 0.127. The van der Waals surface area contributed by atoms with E-state index < -0.39 is 0 Å². The molecule has 0 aromatic carbocycles. The fourth-order valence-electron chi connectivity index (χ4n) is 2.89. The third kappa shape index (κ3) is 3.14. The third-order valence-corrected chi connectivity index (χ3v) is 4.51. The minimum Gasteiger partial charge on any atom is -0.381 e. The zero-order valence-corrected chi connectivity index (χ0v) is 11.3. The second-order valence-corrected chi connectivity index (χ2v) is 5.79. The molecule has 1 saturated carbocycles. The van der Waals surface area contributed by atoms with E-state index in [2.05, 4.69) is 0 Å². The third-order valence-electron chi connectivity index (χ3n) is 4.00. The van der Waals surface area contributed by atoms with Crippen molar-refractivity contribution in [2.75, 3.05) is 20.3 Å². The Kier molecular flexibility index (Phi) is 4.69. The summed E-state index contributed by atoms with van der Waals surface area (Å²) in [6.07, 6.45) is 6.42. The number of hydrogen-bond acceptors (Lipinski definition) is 2. The lowest BCUT2D eigenvalue weighted by molar-refractivity contribution is -0.141. The van der Waals surface area contributed by atoms with Crippen LogP contribution in [0.2, 0.25) is 0 Å². The van der Waals surface area contributed by atoms with Crippen LogP contribution in [0, 0.1) is 5.92 Å². The zero-order valence-electron chi connectivity index (χ0n) is 10.5. The van der Waals surface area contributed by atoms with Crippen LogP contribution in [0.1, 0.15) is 38.5 Å². The minimum absolute atomic E-state index is 0.0551. The predicted octanol–water partition coefficient (Wildman–Crippen LogP) is 2.42. The minimum atomic E-state index is 0.0551. The van der Waals surface area contributed by atoms with Gasteiger partial charge in [0.05, 0.1) is 17.9 Å². The number of amides is 1. The molecule has 0 aromatic heterocycles. The largest absolute Gasteiger partial charge is 0.381 e. The molecule has 4 heteroatoms. The Bertz CT molecular complexity index is 266. The van der Waals surface area contributed by atoms with Gasteiger partial charge in [-0.15, -0.1) is 11.6 Å². The number of carbonyl (C=O) groups is 1. The van der Waals surface area contributed by atoms with E-state index in [0.717, 1.165) is 32.3 Å². The van der Waals surface area contributed by atoms with Crippen LogP contribution in [0.5, 0.6) is 0 Å². The van der Waals surface area contributed by atoms with Gasteiger partial charge in [-0.1, -0.05) is 12.8 Å². The average molecular weight is 260 g/mol. The molecule has 1 saturated heterocycles. The van der Waals surface area contributed by atoms with E-state index >= 15 is 0 Å². The summed E-state index contributed by atoms with van der Waals surface area (Å²) in [7, 11) is 1.91. The van der Waals surface area contributed by atoms with Gasteiger partial charge < -0.3 is 9.64 Å². The summed E-state index contributed by atoms with van der Waals surface area (Å²) in [5.41, 5.74) is 0. The van der Waals surface area contributed by atoms with Crippen molar-refractivity contribution in [3.05, 3.63) is 0 Å². The van der Waals surface area contributed by atoms with Gasteiger partial charge >= 0.3 is 0 Å². The molecule has 0 N–H and O–H groups in total. The maximum absolute atomic E-state index is 12.3. The molecule has 0 aromatic rings. The van der Waals surface area contributed by atoms with Gasteiger partial charge in [-0.25, -0.2) is 0 Å². The van der Waals surface area contributed by atoms with Crippen LogP contribution < -0.4 is 0 Å². The van der Waals surface area contributed by atoms with Crippen molar-refractivity contribution >= 4 is 17.5 Å². The van der Waals surface area contributed by atoms with E-state index in [0.29, 0.717) is 6.61 Å². The van der Waals surface area contributed by atoms with Crippen LogP contribution in [-0.2, 0) is 9.53 Å². The van der Waals surface area contributed by atoms with E-state index in [1.807, 2.05) is 11.9 Å². The molecule has 2 aliphatic rings. The fourth-order valence-corrected chi connectivity index (χ4v) is 3.34. The number of nitrogens with zero attached hydrogens (tertiary/aromatic N) is 1. The predicted molar refractivity (Wildman–Crippen MR) is 68.2 cm³/mol. The maximum atomic E-state index is 12.3. The Morgan fingerprint density at radius 3 is 2.65 bits per heavy atom. The Balaban J connectivity index is 1.92. The van der Waals surface area contributed by atoms with Crippen molar-refractivity contribution in [2.24, 2.45) is 5.92 Å². The molecule has 1 amide bonds. The van der Waals surface area contributed by atoms with Gasteiger partial charge in [0, 0.05) is 19.7 Å². The number of hydrogen-bond donors (Lipinski definition) is 0. The standard InChI is InChI=1S/C13H22ClNO2/c1-15(12-7-3-2-6-11(12)14)13(16)10-5-4-8-17-9-10/h10-12H,2-9H2,1H3. The first-order chi connectivity index (χ1) is 8.20. The second kappa shape index (κ2) is 6.05. The van der Waals surface area contributed by atoms with Crippen molar-refractivity contribution in [3.63, 3.8) is 0 Å². The smallest absolute Gasteiger partial charge is 0.228 e. The Labute approximate surface area is 108 Å². The molecule has 0 radical (unpaired) electrons. The first-order valence-electron chi connectivity index (χ1n) is 6.68. The summed E-state index contributed by atoms with van der Waals surface area (Å²) < 4.78 is 5.39. The van der Waals surface area contributed by atoms with Gasteiger partial charge in [0.2, 0.25) is 5.91 Å². The molecule has 2 rings (SSSR count). The number of alkyl halides is 1. The summed E-state index contributed by atoms with van der Waals surface area (Å²) in [6.45, 7) is 1.39. The van der Waals surface area contributed by atoms with Crippen LogP contribution in [0.4, 0.5) is 0 Å². The van der Waals surface area contributed by atoms with Crippen molar-refractivity contribution < 1.29 is 9.53 Å². The van der Waals surface area contributed by atoms with Crippen molar-refractivity contribution in [1.82, 2.24) is 4.90 Å². The lowest BCUT2D eigenvalue weighted by atomic mass is 9.92. The Morgan fingerprint density at radius 1 is 1.24 bits per heavy atom. The quantitative estimate of drug-likeness (QED) is 0.713. The highest BCUT2D eigenvalue weighted by molar-refractivity contribution is 6.21. The Morgan fingerprint density at radius 2 is 2.00 bits per heavy atom. The summed E-state index contributed by atoms with van der Waals surface area (Å²) in [5.74, 6) is 0.279. The molecule has 1 heterocycles. The molecular formula is C13H22ClNO2. The lowest BCUT2D eigenvalue weighted by Gasteiger charge is -2.37. The molecule has 1 aliphatic carbocycles. The number of carbonyl (C=O) groups excluding carboxylic acids is 1. The zero-order chi connectivity index (χ0) is 12.3. The van der Waals surface area contributed by atoms with Crippen LogP contribution >= 0.6 is 11.6 Å². The highest BCUT2D eigenvalue weighted by Crippen LogP contribution is 2.28. The van der Waals surface area contributed by atoms with E-state index in [9.17, 15) is 4.79 Å². The molecule has 2 fully saturated rings. The normalized spacial score (nSPS) is 34.4. The molecule has 0 spiro atoms. The van der Waals surface area contributed by atoms with Gasteiger partial charge in [-0.05, 0) is 25.7 Å². The SMILES string of the molecule is CN(C(=O)C1CCCOC1)C1CCCCC1Cl. The first kappa shape index (κ1) is 13.2. The Hall–Kier alpha value is -0.280. The summed E-state index contributed by atoms with van der Waals surface area (Å²) in [6, 6.07) is 0.222. The van der Waals surface area contributed by atoms with Gasteiger partial charge in [-0.2, -0.15) is 0 Å².